The Balaban J connectivity index is 2.12. The first kappa shape index (κ1) is 12.3. The normalized spacial score (nSPS) is 10.9. The highest BCUT2D eigenvalue weighted by Gasteiger charge is 2.11. The van der Waals surface area contributed by atoms with Gasteiger partial charge in [0.2, 0.25) is 0 Å². The molecule has 0 spiro atoms. The van der Waals surface area contributed by atoms with E-state index >= 15 is 0 Å². The van der Waals surface area contributed by atoms with Crippen molar-refractivity contribution >= 4 is 28.1 Å². The van der Waals surface area contributed by atoms with Crippen LogP contribution < -0.4 is 16.3 Å². The Morgan fingerprint density at radius 3 is 2.60 bits per heavy atom. The Morgan fingerprint density at radius 1 is 1.10 bits per heavy atom. The molecule has 0 saturated heterocycles. The van der Waals surface area contributed by atoms with Crippen LogP contribution in [0.1, 0.15) is 5.56 Å². The maximum Gasteiger partial charge on any atom is 0.323 e. The SMILES string of the molecule is Cc1cccc(N)c1N(C)c1ccc2[nH]c(=O)[nH]c2c1. The van der Waals surface area contributed by atoms with Crippen molar-refractivity contribution in [3.63, 3.8) is 0 Å². The lowest BCUT2D eigenvalue weighted by atomic mass is 10.1. The Morgan fingerprint density at radius 2 is 1.85 bits per heavy atom. The van der Waals surface area contributed by atoms with Crippen molar-refractivity contribution in [2.24, 2.45) is 0 Å². The standard InChI is InChI=1S/C15H16N4O/c1-9-4-3-5-11(16)14(9)19(2)10-6-7-12-13(8-10)18-15(20)17-12/h3-8H,16H2,1-2H3,(H2,17,18,20). The second-order valence-corrected chi connectivity index (χ2v) is 4.88. The Bertz CT molecular complexity index is 811. The van der Waals surface area contributed by atoms with Gasteiger partial charge < -0.3 is 20.6 Å². The maximum atomic E-state index is 11.3. The number of nitrogens with two attached hydrogens (primary N) is 1. The second-order valence-electron chi connectivity index (χ2n) is 4.88. The van der Waals surface area contributed by atoms with Gasteiger partial charge in [-0.1, -0.05) is 12.1 Å². The van der Waals surface area contributed by atoms with Crippen LogP contribution in [-0.2, 0) is 0 Å². The van der Waals surface area contributed by atoms with E-state index in [9.17, 15) is 4.79 Å². The zero-order valence-corrected chi connectivity index (χ0v) is 11.4. The highest BCUT2D eigenvalue weighted by Crippen LogP contribution is 2.32. The minimum absolute atomic E-state index is 0.199. The third-order valence-electron chi connectivity index (χ3n) is 3.49. The average Bonchev–Trinajstić information content (AvgIpc) is 2.77. The Kier molecular flexibility index (Phi) is 2.75. The smallest absolute Gasteiger partial charge is 0.323 e. The first-order valence-electron chi connectivity index (χ1n) is 6.37. The molecule has 102 valence electrons. The number of benzene rings is 2. The maximum absolute atomic E-state index is 11.3. The minimum atomic E-state index is -0.199. The number of imidazole rings is 1. The Labute approximate surface area is 116 Å². The summed E-state index contributed by atoms with van der Waals surface area (Å²) in [6, 6.07) is 11.6. The van der Waals surface area contributed by atoms with Crippen molar-refractivity contribution in [1.29, 1.82) is 0 Å². The first-order chi connectivity index (χ1) is 9.56. The topological polar surface area (TPSA) is 77.9 Å². The van der Waals surface area contributed by atoms with Gasteiger partial charge in [0, 0.05) is 12.7 Å². The molecule has 2 aromatic carbocycles. The molecule has 0 unspecified atom stereocenters. The van der Waals surface area contributed by atoms with Gasteiger partial charge >= 0.3 is 5.69 Å². The molecule has 3 aromatic rings. The number of nitrogens with zero attached hydrogens (tertiary/aromatic N) is 1. The molecule has 4 N–H and O–H groups in total. The second kappa shape index (κ2) is 4.45. The van der Waals surface area contributed by atoms with Gasteiger partial charge in [0.1, 0.15) is 0 Å². The third-order valence-corrected chi connectivity index (χ3v) is 3.49. The molecule has 20 heavy (non-hydrogen) atoms. The molecule has 0 atom stereocenters. The molecule has 3 rings (SSSR count). The summed E-state index contributed by atoms with van der Waals surface area (Å²) < 4.78 is 0. The number of hydrogen-bond acceptors (Lipinski definition) is 3. The number of aromatic amines is 2. The van der Waals surface area contributed by atoms with Crippen LogP contribution >= 0.6 is 0 Å². The van der Waals surface area contributed by atoms with E-state index in [2.05, 4.69) is 9.97 Å². The molecule has 0 saturated carbocycles. The summed E-state index contributed by atoms with van der Waals surface area (Å²) in [5.74, 6) is 0. The predicted molar refractivity (Wildman–Crippen MR) is 82.6 cm³/mol. The fraction of sp³-hybridized carbons (Fsp3) is 0.133. The summed E-state index contributed by atoms with van der Waals surface area (Å²) in [5.41, 5.74) is 11.2. The van der Waals surface area contributed by atoms with Gasteiger partial charge in [-0.15, -0.1) is 0 Å². The van der Waals surface area contributed by atoms with Gasteiger partial charge in [-0.25, -0.2) is 4.79 Å². The summed E-state index contributed by atoms with van der Waals surface area (Å²) in [6.07, 6.45) is 0. The molecular weight excluding hydrogens is 252 g/mol. The van der Waals surface area contributed by atoms with Crippen molar-refractivity contribution in [1.82, 2.24) is 9.97 Å². The molecule has 0 aliphatic carbocycles. The summed E-state index contributed by atoms with van der Waals surface area (Å²) in [7, 11) is 1.96. The quantitative estimate of drug-likeness (QED) is 0.625. The van der Waals surface area contributed by atoms with E-state index in [1.807, 2.05) is 55.3 Å². The molecule has 0 aliphatic rings. The fourth-order valence-electron chi connectivity index (χ4n) is 2.50. The molecule has 0 radical (unpaired) electrons. The monoisotopic (exact) mass is 268 g/mol. The number of anilines is 3. The zero-order valence-electron chi connectivity index (χ0n) is 11.4. The molecule has 5 nitrogen and oxygen atoms in total. The van der Waals surface area contributed by atoms with Gasteiger partial charge in [0.05, 0.1) is 22.4 Å². The van der Waals surface area contributed by atoms with Gasteiger partial charge in [-0.2, -0.15) is 0 Å². The van der Waals surface area contributed by atoms with E-state index in [1.165, 1.54) is 0 Å². The lowest BCUT2D eigenvalue weighted by Gasteiger charge is -2.23. The van der Waals surface area contributed by atoms with Crippen LogP contribution in [0.2, 0.25) is 0 Å². The van der Waals surface area contributed by atoms with E-state index in [4.69, 9.17) is 5.73 Å². The van der Waals surface area contributed by atoms with Crippen molar-refractivity contribution < 1.29 is 0 Å². The van der Waals surface area contributed by atoms with Crippen LogP contribution in [0.4, 0.5) is 17.1 Å². The summed E-state index contributed by atoms with van der Waals surface area (Å²) in [5, 5.41) is 0. The number of fused-ring (bicyclic) bond motifs is 1. The predicted octanol–water partition coefficient (Wildman–Crippen LogP) is 2.51. The molecule has 0 aliphatic heterocycles. The lowest BCUT2D eigenvalue weighted by Crippen LogP contribution is -2.13. The number of H-pyrrole nitrogens is 2. The molecule has 0 amide bonds. The molecule has 0 bridgehead atoms. The number of para-hydroxylation sites is 1. The number of nitrogen functional groups attached to an aromatic ring is 1. The summed E-state index contributed by atoms with van der Waals surface area (Å²) in [6.45, 7) is 2.03. The lowest BCUT2D eigenvalue weighted by molar-refractivity contribution is 1.19. The van der Waals surface area contributed by atoms with Gasteiger partial charge in [-0.05, 0) is 36.8 Å². The van der Waals surface area contributed by atoms with Crippen LogP contribution in [-0.4, -0.2) is 17.0 Å². The third kappa shape index (κ3) is 1.93. The molecule has 5 heteroatoms. The van der Waals surface area contributed by atoms with E-state index in [0.29, 0.717) is 0 Å². The van der Waals surface area contributed by atoms with Crippen LogP contribution in [0.3, 0.4) is 0 Å². The van der Waals surface area contributed by atoms with Crippen LogP contribution in [0.25, 0.3) is 11.0 Å². The van der Waals surface area contributed by atoms with Crippen molar-refractivity contribution in [2.75, 3.05) is 17.7 Å². The van der Waals surface area contributed by atoms with Crippen LogP contribution in [0.5, 0.6) is 0 Å². The van der Waals surface area contributed by atoms with Crippen LogP contribution in [0, 0.1) is 6.92 Å². The van der Waals surface area contributed by atoms with E-state index in [1.54, 1.807) is 0 Å². The van der Waals surface area contributed by atoms with Crippen LogP contribution in [0.15, 0.2) is 41.2 Å². The molecule has 0 fully saturated rings. The highest BCUT2D eigenvalue weighted by molar-refractivity contribution is 5.83. The summed E-state index contributed by atoms with van der Waals surface area (Å²) in [4.78, 5) is 18.8. The van der Waals surface area contributed by atoms with E-state index in [-0.39, 0.29) is 5.69 Å². The molecular formula is C15H16N4O. The zero-order chi connectivity index (χ0) is 14.3. The van der Waals surface area contributed by atoms with Gasteiger partial charge in [-0.3, -0.25) is 0 Å². The van der Waals surface area contributed by atoms with Gasteiger partial charge in [0.15, 0.2) is 0 Å². The number of hydrogen-bond donors (Lipinski definition) is 3. The van der Waals surface area contributed by atoms with Crippen molar-refractivity contribution in [2.45, 2.75) is 6.92 Å². The Hall–Kier alpha value is -2.69. The fourth-order valence-corrected chi connectivity index (χ4v) is 2.50. The number of aromatic nitrogens is 2. The van der Waals surface area contributed by atoms with Crippen molar-refractivity contribution in [3.05, 3.63) is 52.4 Å². The number of aryl methyl sites for hydroxylation is 1. The highest BCUT2D eigenvalue weighted by atomic mass is 16.1. The average molecular weight is 268 g/mol. The minimum Gasteiger partial charge on any atom is -0.397 e. The summed E-state index contributed by atoms with van der Waals surface area (Å²) >= 11 is 0. The van der Waals surface area contributed by atoms with E-state index < -0.39 is 0 Å². The molecule has 1 heterocycles. The van der Waals surface area contributed by atoms with Crippen molar-refractivity contribution in [3.8, 4) is 0 Å². The largest absolute Gasteiger partial charge is 0.397 e. The molecule has 1 aromatic heterocycles. The van der Waals surface area contributed by atoms with Gasteiger partial charge in [0.25, 0.3) is 0 Å². The first-order valence-corrected chi connectivity index (χ1v) is 6.37. The number of rotatable bonds is 2. The van der Waals surface area contributed by atoms with E-state index in [0.717, 1.165) is 33.7 Å². The number of nitrogens with one attached hydrogen (secondary N) is 2.